The Hall–Kier alpha value is -0.830. The van der Waals surface area contributed by atoms with E-state index >= 15 is 0 Å². The average molecular weight is 388 g/mol. The Balaban J connectivity index is 1.79. The Labute approximate surface area is 172 Å². The molecule has 1 saturated heterocycles. The van der Waals surface area contributed by atoms with Crippen LogP contribution in [0.4, 0.5) is 0 Å². The number of aliphatic hydroxyl groups is 1. The van der Waals surface area contributed by atoms with Gasteiger partial charge >= 0.3 is 0 Å². The van der Waals surface area contributed by atoms with Crippen molar-refractivity contribution >= 4 is 5.91 Å². The highest BCUT2D eigenvalue weighted by atomic mass is 16.3. The third kappa shape index (κ3) is 2.60. The molecule has 0 spiro atoms. The molecule has 28 heavy (non-hydrogen) atoms. The molecule has 4 aliphatic rings. The van der Waals surface area contributed by atoms with Crippen LogP contribution < -0.4 is 0 Å². The lowest BCUT2D eigenvalue weighted by Crippen LogP contribution is -2.63. The lowest BCUT2D eigenvalue weighted by Gasteiger charge is -2.64. The van der Waals surface area contributed by atoms with E-state index in [2.05, 4.69) is 54.5 Å². The molecule has 2 saturated carbocycles. The summed E-state index contributed by atoms with van der Waals surface area (Å²) in [6.07, 6.45) is 8.39. The first kappa shape index (κ1) is 20.4. The van der Waals surface area contributed by atoms with Gasteiger partial charge in [0.1, 0.15) is 0 Å². The summed E-state index contributed by atoms with van der Waals surface area (Å²) in [4.78, 5) is 14.6. The van der Waals surface area contributed by atoms with Crippen molar-refractivity contribution < 1.29 is 9.90 Å². The number of hydrogen-bond donors (Lipinski definition) is 1. The van der Waals surface area contributed by atoms with Crippen LogP contribution in [0, 0.1) is 39.9 Å². The largest absolute Gasteiger partial charge is 0.390 e. The van der Waals surface area contributed by atoms with E-state index in [0.29, 0.717) is 24.2 Å². The van der Waals surface area contributed by atoms with Crippen LogP contribution in [0.25, 0.3) is 0 Å². The monoisotopic (exact) mass is 387 g/mol. The van der Waals surface area contributed by atoms with Gasteiger partial charge < -0.3 is 10.0 Å². The molecule has 3 fully saturated rings. The maximum absolute atomic E-state index is 12.6. The summed E-state index contributed by atoms with van der Waals surface area (Å²) in [5.74, 6) is 2.39. The van der Waals surface area contributed by atoms with Crippen molar-refractivity contribution in [1.82, 2.24) is 4.90 Å². The van der Waals surface area contributed by atoms with Gasteiger partial charge in [0.2, 0.25) is 5.91 Å². The Morgan fingerprint density at radius 2 is 1.89 bits per heavy atom. The average Bonchev–Trinajstić information content (AvgIpc) is 2.90. The van der Waals surface area contributed by atoms with Gasteiger partial charge in [0.25, 0.3) is 0 Å². The predicted molar refractivity (Wildman–Crippen MR) is 113 cm³/mol. The number of fused-ring (bicyclic) bond motifs is 5. The van der Waals surface area contributed by atoms with Gasteiger partial charge in [-0.05, 0) is 74.5 Å². The van der Waals surface area contributed by atoms with Gasteiger partial charge in [-0.3, -0.25) is 4.79 Å². The molecule has 0 radical (unpaired) electrons. The number of amides is 1. The lowest BCUT2D eigenvalue weighted by atomic mass is 9.43. The fraction of sp³-hybridized carbons (Fsp3) is 0.880. The Morgan fingerprint density at radius 1 is 1.21 bits per heavy atom. The highest BCUT2D eigenvalue weighted by molar-refractivity contribution is 5.80. The molecule has 1 N–H and O–H groups in total. The first-order valence-corrected chi connectivity index (χ1v) is 11.6. The number of nitrogens with zero attached hydrogens (tertiary/aromatic N) is 1. The number of hydrogen-bond acceptors (Lipinski definition) is 2. The molecule has 3 aliphatic carbocycles. The minimum Gasteiger partial charge on any atom is -0.390 e. The lowest BCUT2D eigenvalue weighted by molar-refractivity contribution is -0.190. The number of piperidine rings is 1. The van der Waals surface area contributed by atoms with E-state index in [-0.39, 0.29) is 28.1 Å². The second-order valence-corrected chi connectivity index (χ2v) is 12.2. The minimum atomic E-state index is -0.683. The highest BCUT2D eigenvalue weighted by Gasteiger charge is 2.66. The zero-order chi connectivity index (χ0) is 20.7. The summed E-state index contributed by atoms with van der Waals surface area (Å²) in [7, 11) is 0. The SMILES string of the molecule is CCN1C(=O)CC[C@@]2(C)C1=CCC1C3CCC(C(C)(C)C)[C@@]3(C)C[C@](C)(O)C12. The first-order valence-electron chi connectivity index (χ1n) is 11.6. The Kier molecular flexibility index (Phi) is 4.45. The van der Waals surface area contributed by atoms with Crippen molar-refractivity contribution in [3.05, 3.63) is 11.8 Å². The highest BCUT2D eigenvalue weighted by Crippen LogP contribution is 2.70. The van der Waals surface area contributed by atoms with Gasteiger partial charge in [0.05, 0.1) is 5.60 Å². The van der Waals surface area contributed by atoms with Crippen LogP contribution in [-0.2, 0) is 4.79 Å². The molecular formula is C25H41NO2. The van der Waals surface area contributed by atoms with Gasteiger partial charge in [-0.2, -0.15) is 0 Å². The summed E-state index contributed by atoms with van der Waals surface area (Å²) in [6, 6.07) is 0. The summed E-state index contributed by atoms with van der Waals surface area (Å²) in [5, 5.41) is 12.0. The fourth-order valence-electron chi connectivity index (χ4n) is 9.00. The normalized spacial score (nSPS) is 48.6. The van der Waals surface area contributed by atoms with Crippen LogP contribution in [-0.4, -0.2) is 28.1 Å². The van der Waals surface area contributed by atoms with Crippen LogP contribution in [0.3, 0.4) is 0 Å². The van der Waals surface area contributed by atoms with Crippen molar-refractivity contribution in [3.8, 4) is 0 Å². The zero-order valence-corrected chi connectivity index (χ0v) is 19.1. The summed E-state index contributed by atoms with van der Waals surface area (Å²) in [6.45, 7) is 16.9. The van der Waals surface area contributed by atoms with E-state index in [1.807, 2.05) is 4.90 Å². The van der Waals surface area contributed by atoms with E-state index in [4.69, 9.17) is 0 Å². The molecule has 1 aliphatic heterocycles. The Bertz CT molecular complexity index is 702. The van der Waals surface area contributed by atoms with Gasteiger partial charge in [-0.15, -0.1) is 0 Å². The second-order valence-electron chi connectivity index (χ2n) is 12.2. The minimum absolute atomic E-state index is 0.0858. The molecule has 1 heterocycles. The van der Waals surface area contributed by atoms with E-state index in [1.165, 1.54) is 18.5 Å². The molecular weight excluding hydrogens is 346 g/mol. The van der Waals surface area contributed by atoms with Crippen LogP contribution in [0.15, 0.2) is 11.8 Å². The van der Waals surface area contributed by atoms with E-state index in [0.717, 1.165) is 25.8 Å². The third-order valence-corrected chi connectivity index (χ3v) is 9.43. The number of carbonyl (C=O) groups is 1. The second kappa shape index (κ2) is 6.09. The number of carbonyl (C=O) groups excluding carboxylic acids is 1. The standard InChI is InChI=1S/C25H41NO2/c1-8-26-19-12-9-16-17-10-11-18(22(2,3)4)24(17,6)15-25(7,28)21(16)23(19,5)14-13-20(26)27/h12,16-18,21,28H,8-11,13-15H2,1-7H3/t16?,17?,18?,21?,23-,24-,25-/m0/s1. The van der Waals surface area contributed by atoms with Gasteiger partial charge in [0, 0.05) is 30.0 Å². The zero-order valence-electron chi connectivity index (χ0n) is 19.1. The molecule has 0 aromatic carbocycles. The first-order chi connectivity index (χ1) is 12.9. The Morgan fingerprint density at radius 3 is 2.50 bits per heavy atom. The molecule has 1 amide bonds. The van der Waals surface area contributed by atoms with Crippen molar-refractivity contribution in [3.63, 3.8) is 0 Å². The van der Waals surface area contributed by atoms with E-state index in [1.54, 1.807) is 0 Å². The van der Waals surface area contributed by atoms with Crippen molar-refractivity contribution in [1.29, 1.82) is 0 Å². The third-order valence-electron chi connectivity index (χ3n) is 9.43. The summed E-state index contributed by atoms with van der Waals surface area (Å²) in [5.41, 5.74) is 0.929. The molecule has 4 unspecified atom stereocenters. The molecule has 0 aromatic rings. The maximum Gasteiger partial charge on any atom is 0.226 e. The number of allylic oxidation sites excluding steroid dienone is 2. The molecule has 3 nitrogen and oxygen atoms in total. The molecule has 4 rings (SSSR count). The predicted octanol–water partition coefficient (Wildman–Crippen LogP) is 5.39. The van der Waals surface area contributed by atoms with Gasteiger partial charge in [-0.25, -0.2) is 0 Å². The molecule has 158 valence electrons. The smallest absolute Gasteiger partial charge is 0.226 e. The van der Waals surface area contributed by atoms with Crippen molar-refractivity contribution in [2.75, 3.05) is 6.54 Å². The van der Waals surface area contributed by atoms with Crippen molar-refractivity contribution in [2.24, 2.45) is 39.9 Å². The van der Waals surface area contributed by atoms with Gasteiger partial charge in [-0.1, -0.05) is 40.7 Å². The topological polar surface area (TPSA) is 40.5 Å². The molecule has 3 heteroatoms. The quantitative estimate of drug-likeness (QED) is 0.655. The molecule has 7 atom stereocenters. The molecule has 0 aromatic heterocycles. The van der Waals surface area contributed by atoms with Crippen LogP contribution >= 0.6 is 0 Å². The van der Waals surface area contributed by atoms with Crippen molar-refractivity contribution in [2.45, 2.75) is 92.6 Å². The van der Waals surface area contributed by atoms with E-state index in [9.17, 15) is 9.90 Å². The summed E-state index contributed by atoms with van der Waals surface area (Å²) < 4.78 is 0. The van der Waals surface area contributed by atoms with Gasteiger partial charge in [0.15, 0.2) is 0 Å². The van der Waals surface area contributed by atoms with Crippen LogP contribution in [0.5, 0.6) is 0 Å². The molecule has 0 bridgehead atoms. The number of likely N-dealkylation sites (tertiary alicyclic amines) is 1. The number of rotatable bonds is 1. The maximum atomic E-state index is 12.6. The summed E-state index contributed by atoms with van der Waals surface area (Å²) >= 11 is 0. The van der Waals surface area contributed by atoms with Crippen LogP contribution in [0.2, 0.25) is 0 Å². The van der Waals surface area contributed by atoms with E-state index < -0.39 is 5.60 Å². The van der Waals surface area contributed by atoms with Crippen LogP contribution in [0.1, 0.15) is 87.0 Å². The fourth-order valence-corrected chi connectivity index (χ4v) is 9.00.